The first-order valence-electron chi connectivity index (χ1n) is 6.36. The maximum atomic E-state index is 14.3. The third-order valence-corrected chi connectivity index (χ3v) is 4.97. The zero-order chi connectivity index (χ0) is 13.3. The molecule has 1 fully saturated rings. The second-order valence-corrected chi connectivity index (χ2v) is 6.54. The Hall–Kier alpha value is -0.120. The highest BCUT2D eigenvalue weighted by atomic mass is 79.9. The first-order valence-corrected chi connectivity index (χ1v) is 7.53. The number of nitrogens with one attached hydrogen (secondary N) is 1. The van der Waals surface area contributed by atoms with E-state index in [9.17, 15) is 4.39 Å². The van der Waals surface area contributed by atoms with Crippen molar-refractivity contribution in [2.45, 2.75) is 39.2 Å². The maximum Gasteiger partial charge on any atom is 0.147 e. The number of hydrogen-bond acceptors (Lipinski definition) is 1. The van der Waals surface area contributed by atoms with Gasteiger partial charge in [0, 0.05) is 16.1 Å². The molecule has 0 saturated heterocycles. The molecule has 0 amide bonds. The third-order valence-electron chi connectivity index (χ3n) is 3.71. The second-order valence-electron chi connectivity index (χ2n) is 5.31. The van der Waals surface area contributed by atoms with Crippen molar-refractivity contribution in [3.63, 3.8) is 0 Å². The summed E-state index contributed by atoms with van der Waals surface area (Å²) in [4.78, 5) is 0. The Bertz CT molecular complexity index is 446. The molecule has 0 aliphatic heterocycles. The summed E-state index contributed by atoms with van der Waals surface area (Å²) in [5, 5.41) is 3.64. The Morgan fingerprint density at radius 1 is 1.50 bits per heavy atom. The molecule has 0 heterocycles. The fourth-order valence-corrected chi connectivity index (χ4v) is 2.75. The molecule has 1 aromatic carbocycles. The van der Waals surface area contributed by atoms with E-state index in [-0.39, 0.29) is 22.3 Å². The van der Waals surface area contributed by atoms with Crippen LogP contribution in [0.1, 0.15) is 44.7 Å². The molecule has 100 valence electrons. The third kappa shape index (κ3) is 2.73. The lowest BCUT2D eigenvalue weighted by Gasteiger charge is -2.26. The van der Waals surface area contributed by atoms with Crippen molar-refractivity contribution >= 4 is 27.5 Å². The number of rotatable bonds is 5. The van der Waals surface area contributed by atoms with Gasteiger partial charge in [0.2, 0.25) is 0 Å². The van der Waals surface area contributed by atoms with Crippen LogP contribution < -0.4 is 5.32 Å². The van der Waals surface area contributed by atoms with E-state index in [4.69, 9.17) is 11.6 Å². The summed E-state index contributed by atoms with van der Waals surface area (Å²) in [6.07, 6.45) is 3.32. The Labute approximate surface area is 121 Å². The summed E-state index contributed by atoms with van der Waals surface area (Å²) >= 11 is 9.24. The van der Waals surface area contributed by atoms with Crippen LogP contribution in [0.2, 0.25) is 5.02 Å². The minimum absolute atomic E-state index is 0.0584. The van der Waals surface area contributed by atoms with Crippen LogP contribution in [-0.4, -0.2) is 6.54 Å². The average molecular weight is 335 g/mol. The predicted molar refractivity (Wildman–Crippen MR) is 77.5 cm³/mol. The Kier molecular flexibility index (Phi) is 4.35. The molecule has 1 atom stereocenters. The summed E-state index contributed by atoms with van der Waals surface area (Å²) in [5.74, 6) is -0.298. The number of benzene rings is 1. The zero-order valence-corrected chi connectivity index (χ0v) is 13.0. The van der Waals surface area contributed by atoms with Crippen LogP contribution in [-0.2, 0) is 0 Å². The van der Waals surface area contributed by atoms with Gasteiger partial charge in [0.05, 0.1) is 5.02 Å². The highest BCUT2D eigenvalue weighted by Crippen LogP contribution is 2.55. The molecule has 4 heteroatoms. The topological polar surface area (TPSA) is 12.0 Å². The largest absolute Gasteiger partial charge is 0.309 e. The average Bonchev–Trinajstić information content (AvgIpc) is 3.08. The number of halogens is 3. The van der Waals surface area contributed by atoms with Crippen LogP contribution in [0.15, 0.2) is 16.6 Å². The molecule has 1 nitrogen and oxygen atoms in total. The van der Waals surface area contributed by atoms with E-state index in [0.717, 1.165) is 25.8 Å². The molecule has 1 saturated carbocycles. The molecular formula is C14H18BrClFN. The van der Waals surface area contributed by atoms with Crippen LogP contribution in [0.3, 0.4) is 0 Å². The normalized spacial score (nSPS) is 18.7. The van der Waals surface area contributed by atoms with Gasteiger partial charge in [0.25, 0.3) is 0 Å². The molecule has 1 N–H and O–H groups in total. The van der Waals surface area contributed by atoms with Crippen LogP contribution in [0.25, 0.3) is 0 Å². The lowest BCUT2D eigenvalue weighted by atomic mass is 9.91. The smallest absolute Gasteiger partial charge is 0.147 e. The van der Waals surface area contributed by atoms with E-state index in [1.165, 1.54) is 0 Å². The lowest BCUT2D eigenvalue weighted by Crippen LogP contribution is -2.29. The molecule has 0 radical (unpaired) electrons. The van der Waals surface area contributed by atoms with Crippen LogP contribution >= 0.6 is 27.5 Å². The van der Waals surface area contributed by atoms with Crippen molar-refractivity contribution in [2.75, 3.05) is 6.54 Å². The van der Waals surface area contributed by atoms with Crippen LogP contribution in [0.4, 0.5) is 4.39 Å². The zero-order valence-electron chi connectivity index (χ0n) is 10.7. The summed E-state index contributed by atoms with van der Waals surface area (Å²) in [6, 6.07) is 3.72. The van der Waals surface area contributed by atoms with Crippen molar-refractivity contribution in [1.29, 1.82) is 0 Å². The van der Waals surface area contributed by atoms with E-state index in [1.807, 2.05) is 12.1 Å². The van der Waals surface area contributed by atoms with Crippen LogP contribution in [0, 0.1) is 11.2 Å². The molecule has 1 unspecified atom stereocenters. The van der Waals surface area contributed by atoms with Crippen molar-refractivity contribution in [3.05, 3.63) is 33.0 Å². The Balaban J connectivity index is 2.33. The van der Waals surface area contributed by atoms with E-state index in [1.54, 1.807) is 0 Å². The molecule has 18 heavy (non-hydrogen) atoms. The van der Waals surface area contributed by atoms with Gasteiger partial charge in [-0.1, -0.05) is 31.5 Å². The van der Waals surface area contributed by atoms with E-state index >= 15 is 0 Å². The molecular weight excluding hydrogens is 317 g/mol. The molecule has 0 spiro atoms. The van der Waals surface area contributed by atoms with Gasteiger partial charge in [0.15, 0.2) is 0 Å². The monoisotopic (exact) mass is 333 g/mol. The van der Waals surface area contributed by atoms with Crippen molar-refractivity contribution in [1.82, 2.24) is 5.32 Å². The highest BCUT2D eigenvalue weighted by molar-refractivity contribution is 9.10. The van der Waals surface area contributed by atoms with Gasteiger partial charge in [0.1, 0.15) is 5.82 Å². The quantitative estimate of drug-likeness (QED) is 0.740. The van der Waals surface area contributed by atoms with Gasteiger partial charge in [-0.05, 0) is 53.2 Å². The Morgan fingerprint density at radius 3 is 2.72 bits per heavy atom. The van der Waals surface area contributed by atoms with Gasteiger partial charge >= 0.3 is 0 Å². The van der Waals surface area contributed by atoms with Crippen molar-refractivity contribution < 1.29 is 4.39 Å². The molecule has 1 aromatic rings. The van der Waals surface area contributed by atoms with E-state index in [2.05, 4.69) is 35.1 Å². The van der Waals surface area contributed by atoms with Gasteiger partial charge < -0.3 is 5.32 Å². The maximum absolute atomic E-state index is 14.3. The minimum atomic E-state index is -0.298. The summed E-state index contributed by atoms with van der Waals surface area (Å²) in [5.41, 5.74) is 0.865. The summed E-state index contributed by atoms with van der Waals surface area (Å²) in [6.45, 7) is 5.22. The summed E-state index contributed by atoms with van der Waals surface area (Å²) in [7, 11) is 0. The highest BCUT2D eigenvalue weighted by Gasteiger charge is 2.46. The fraction of sp³-hybridized carbons (Fsp3) is 0.571. The molecule has 1 aliphatic carbocycles. The van der Waals surface area contributed by atoms with Gasteiger partial charge in [-0.2, -0.15) is 0 Å². The summed E-state index contributed by atoms with van der Waals surface area (Å²) < 4.78 is 14.9. The second kappa shape index (κ2) is 5.48. The van der Waals surface area contributed by atoms with E-state index in [0.29, 0.717) is 10.0 Å². The molecule has 1 aliphatic rings. The molecule has 2 rings (SSSR count). The first kappa shape index (κ1) is 14.3. The van der Waals surface area contributed by atoms with E-state index < -0.39 is 0 Å². The lowest BCUT2D eigenvalue weighted by molar-refractivity contribution is 0.355. The van der Waals surface area contributed by atoms with Gasteiger partial charge in [-0.25, -0.2) is 4.39 Å². The molecule has 0 aromatic heterocycles. The Morgan fingerprint density at radius 2 is 2.17 bits per heavy atom. The van der Waals surface area contributed by atoms with Crippen LogP contribution in [0.5, 0.6) is 0 Å². The first-order chi connectivity index (χ1) is 8.49. The number of hydrogen-bond donors (Lipinski definition) is 1. The van der Waals surface area contributed by atoms with Gasteiger partial charge in [-0.15, -0.1) is 0 Å². The van der Waals surface area contributed by atoms with Crippen molar-refractivity contribution in [3.8, 4) is 0 Å². The fourth-order valence-electron chi connectivity index (χ4n) is 2.27. The van der Waals surface area contributed by atoms with Gasteiger partial charge in [-0.3, -0.25) is 0 Å². The molecule has 0 bridgehead atoms. The SMILES string of the molecule is CCCNC(c1ccc(Br)c(Cl)c1F)C1(C)CC1. The van der Waals surface area contributed by atoms with Crippen molar-refractivity contribution in [2.24, 2.45) is 5.41 Å². The predicted octanol–water partition coefficient (Wildman–Crippen LogP) is 5.08. The minimum Gasteiger partial charge on any atom is -0.309 e. The standard InChI is InChI=1S/C14H18BrClFN/c1-3-8-18-13(14(2)6-7-14)9-4-5-10(15)11(16)12(9)17/h4-5,13,18H,3,6-8H2,1-2H3.